The van der Waals surface area contributed by atoms with E-state index >= 15 is 0 Å². The van der Waals surface area contributed by atoms with Crippen LogP contribution in [0.4, 0.5) is 0 Å². The maximum atomic E-state index is 5.52. The van der Waals surface area contributed by atoms with E-state index in [0.717, 1.165) is 31.2 Å². The highest BCUT2D eigenvalue weighted by atomic mass is 31.1. The smallest absolute Gasteiger partial charge is 0.204 e. The first-order valence-corrected chi connectivity index (χ1v) is 7.98. The summed E-state index contributed by atoms with van der Waals surface area (Å²) >= 11 is 0. The molecule has 0 spiro atoms. The Morgan fingerprint density at radius 3 is 2.67 bits per heavy atom. The van der Waals surface area contributed by atoms with Gasteiger partial charge in [-0.1, -0.05) is 19.3 Å². The number of unbranched alkanes of at least 4 members (excludes halogenated alkanes) is 1. The van der Waals surface area contributed by atoms with Crippen LogP contribution in [0, 0.1) is 0 Å². The Balaban J connectivity index is 1.44. The molecule has 0 bridgehead atoms. The van der Waals surface area contributed by atoms with Crippen molar-refractivity contribution in [2.75, 3.05) is 13.1 Å². The average Bonchev–Trinajstić information content (AvgIpc) is 2.32. The lowest BCUT2D eigenvalue weighted by Gasteiger charge is -2.38. The first-order valence-electron chi connectivity index (χ1n) is 6.98. The molecule has 1 saturated heterocycles. The zero-order chi connectivity index (χ0) is 12.8. The van der Waals surface area contributed by atoms with Gasteiger partial charge in [-0.3, -0.25) is 4.99 Å². The van der Waals surface area contributed by atoms with Crippen molar-refractivity contribution in [2.45, 2.75) is 56.1 Å². The summed E-state index contributed by atoms with van der Waals surface area (Å²) in [6.45, 7) is 1.93. The second-order valence-corrected chi connectivity index (χ2v) is 6.66. The highest BCUT2D eigenvalue weighted by Crippen LogP contribution is 2.40. The summed E-state index contributed by atoms with van der Waals surface area (Å²) in [7, 11) is 11.4. The molecule has 96 valence electrons. The van der Waals surface area contributed by atoms with Crippen LogP contribution in [0.25, 0.3) is 0 Å². The van der Waals surface area contributed by atoms with Crippen molar-refractivity contribution >= 4 is 29.9 Å². The number of hydrogen-bond donors (Lipinski definition) is 1. The molecule has 1 heterocycles. The first-order chi connectivity index (χ1) is 8.66. The first kappa shape index (κ1) is 14.4. The molecule has 18 heavy (non-hydrogen) atoms. The quantitative estimate of drug-likeness (QED) is 0.449. The van der Waals surface area contributed by atoms with Gasteiger partial charge < -0.3 is 10.1 Å². The van der Waals surface area contributed by atoms with Crippen LogP contribution in [0.5, 0.6) is 0 Å². The molecular formula is C12H21B2N2OP. The van der Waals surface area contributed by atoms with E-state index in [1.54, 1.807) is 0 Å². The fraction of sp³-hybridized carbons (Fsp3) is 0.917. The molecule has 2 fully saturated rings. The van der Waals surface area contributed by atoms with Crippen LogP contribution in [-0.2, 0) is 4.74 Å². The fourth-order valence-electron chi connectivity index (χ4n) is 2.43. The average molecular weight is 262 g/mol. The molecule has 1 aliphatic heterocycles. The van der Waals surface area contributed by atoms with E-state index in [9.17, 15) is 0 Å². The van der Waals surface area contributed by atoms with Gasteiger partial charge >= 0.3 is 0 Å². The summed E-state index contributed by atoms with van der Waals surface area (Å²) in [4.78, 5) is 4.33. The third-order valence-corrected chi connectivity index (χ3v) is 4.41. The van der Waals surface area contributed by atoms with Gasteiger partial charge in [-0.05, 0) is 40.8 Å². The monoisotopic (exact) mass is 262 g/mol. The van der Waals surface area contributed by atoms with Crippen LogP contribution >= 0.6 is 8.58 Å². The molecule has 1 aliphatic carbocycles. The van der Waals surface area contributed by atoms with Crippen molar-refractivity contribution in [3.63, 3.8) is 0 Å². The van der Waals surface area contributed by atoms with E-state index < -0.39 is 5.14 Å². The molecule has 1 atom stereocenters. The summed E-state index contributed by atoms with van der Waals surface area (Å²) in [5.41, 5.74) is 0.736. The minimum Gasteiger partial charge on any atom is -0.487 e. The number of aliphatic imine (C=N–C) groups is 1. The zero-order valence-electron chi connectivity index (χ0n) is 11.0. The molecule has 2 rings (SSSR count). The maximum absolute atomic E-state index is 5.52. The minimum atomic E-state index is -0.929. The lowest BCUT2D eigenvalue weighted by molar-refractivity contribution is 0.291. The lowest BCUT2D eigenvalue weighted by atomic mass is 9.80. The molecule has 1 N–H and O–H groups in total. The predicted molar refractivity (Wildman–Crippen MR) is 80.1 cm³/mol. The minimum absolute atomic E-state index is 0.322. The summed E-state index contributed by atoms with van der Waals surface area (Å²) in [6, 6.07) is 0.761. The third kappa shape index (κ3) is 4.93. The van der Waals surface area contributed by atoms with E-state index in [2.05, 4.69) is 10.3 Å². The van der Waals surface area contributed by atoms with Gasteiger partial charge in [0.1, 0.15) is 15.7 Å². The van der Waals surface area contributed by atoms with Crippen molar-refractivity contribution in [1.29, 1.82) is 0 Å². The van der Waals surface area contributed by atoms with Crippen molar-refractivity contribution < 1.29 is 4.74 Å². The van der Waals surface area contributed by atoms with Gasteiger partial charge in [-0.25, -0.2) is 0 Å². The van der Waals surface area contributed by atoms with E-state index in [-0.39, 0.29) is 0 Å². The van der Waals surface area contributed by atoms with Gasteiger partial charge in [0.2, 0.25) is 5.64 Å². The third-order valence-electron chi connectivity index (χ3n) is 3.45. The van der Waals surface area contributed by atoms with Gasteiger partial charge in [-0.15, -0.1) is 0 Å². The Bertz CT molecular complexity index is 284. The summed E-state index contributed by atoms with van der Waals surface area (Å²) in [5, 5.41) is 2.70. The van der Waals surface area contributed by atoms with Crippen molar-refractivity contribution in [1.82, 2.24) is 5.32 Å². The predicted octanol–water partition coefficient (Wildman–Crippen LogP) is 1.70. The number of hydrogen-bond acceptors (Lipinski definition) is 3. The Morgan fingerprint density at radius 2 is 2.00 bits per heavy atom. The highest BCUT2D eigenvalue weighted by molar-refractivity contribution is 7.65. The van der Waals surface area contributed by atoms with Gasteiger partial charge in [0, 0.05) is 12.6 Å². The van der Waals surface area contributed by atoms with Crippen LogP contribution < -0.4 is 5.32 Å². The van der Waals surface area contributed by atoms with Gasteiger partial charge in [-0.2, -0.15) is 0 Å². The Hall–Kier alpha value is -0.0101. The Labute approximate surface area is 115 Å². The van der Waals surface area contributed by atoms with Crippen LogP contribution in [0.2, 0.25) is 0 Å². The number of nitrogens with zero attached hydrogens (tertiary/aromatic N) is 1. The van der Waals surface area contributed by atoms with Crippen LogP contribution in [0.3, 0.4) is 0 Å². The van der Waals surface area contributed by atoms with Crippen molar-refractivity contribution in [2.24, 2.45) is 4.99 Å². The highest BCUT2D eigenvalue weighted by Gasteiger charge is 2.32. The number of ether oxygens (including phenoxy) is 1. The fourth-order valence-corrected chi connectivity index (χ4v) is 3.18. The van der Waals surface area contributed by atoms with Gasteiger partial charge in [0.25, 0.3) is 0 Å². The SMILES string of the molecule is [B]C1([B])OC(=NCCCCNC2CCCCC2)P1. The lowest BCUT2D eigenvalue weighted by Crippen LogP contribution is -2.40. The molecule has 2 aliphatic rings. The molecule has 0 aromatic carbocycles. The molecule has 0 aromatic heterocycles. The maximum Gasteiger partial charge on any atom is 0.204 e. The molecule has 0 aromatic rings. The molecule has 1 unspecified atom stereocenters. The molecular weight excluding hydrogens is 241 g/mol. The number of rotatable bonds is 6. The van der Waals surface area contributed by atoms with Crippen LogP contribution in [0.1, 0.15) is 44.9 Å². The molecule has 3 nitrogen and oxygen atoms in total. The molecule has 0 amide bonds. The Kier molecular flexibility index (Phi) is 5.56. The molecule has 1 saturated carbocycles. The second-order valence-electron chi connectivity index (χ2n) is 5.20. The summed E-state index contributed by atoms with van der Waals surface area (Å²) in [5.74, 6) is 0. The normalized spacial score (nSPS) is 27.0. The largest absolute Gasteiger partial charge is 0.487 e. The van der Waals surface area contributed by atoms with Crippen molar-refractivity contribution in [3.05, 3.63) is 0 Å². The van der Waals surface area contributed by atoms with E-state index in [1.807, 2.05) is 0 Å². The van der Waals surface area contributed by atoms with E-state index in [4.69, 9.17) is 20.4 Å². The Morgan fingerprint density at radius 1 is 1.28 bits per heavy atom. The second kappa shape index (κ2) is 6.96. The molecule has 6 heteroatoms. The zero-order valence-corrected chi connectivity index (χ0v) is 12.0. The standard InChI is InChI=1S/C12H21B2N2OP/c13-12(14)17-11(18-12)16-9-5-4-8-15-10-6-2-1-3-7-10/h10,15,18H,1-9H2. The molecule has 4 radical (unpaired) electrons. The van der Waals surface area contributed by atoms with Gasteiger partial charge in [0.05, 0.1) is 5.14 Å². The topological polar surface area (TPSA) is 33.6 Å². The number of nitrogens with one attached hydrogen (secondary N) is 1. The van der Waals surface area contributed by atoms with Crippen molar-refractivity contribution in [3.8, 4) is 0 Å². The summed E-state index contributed by atoms with van der Waals surface area (Å²) < 4.78 is 5.13. The van der Waals surface area contributed by atoms with Crippen LogP contribution in [0.15, 0.2) is 4.99 Å². The summed E-state index contributed by atoms with van der Waals surface area (Å²) in [6.07, 6.45) is 9.18. The van der Waals surface area contributed by atoms with E-state index in [0.29, 0.717) is 8.58 Å². The van der Waals surface area contributed by atoms with Crippen LogP contribution in [-0.4, -0.2) is 45.6 Å². The van der Waals surface area contributed by atoms with E-state index in [1.165, 1.54) is 38.5 Å². The van der Waals surface area contributed by atoms with Gasteiger partial charge in [0.15, 0.2) is 0 Å².